The quantitative estimate of drug-likeness (QED) is 0.872. The van der Waals surface area contributed by atoms with Gasteiger partial charge in [0.25, 0.3) is 0 Å². The number of nitrogens with one attached hydrogen (secondary N) is 1. The maximum atomic E-state index is 12.5. The zero-order chi connectivity index (χ0) is 16.4. The van der Waals surface area contributed by atoms with Crippen LogP contribution in [0.2, 0.25) is 5.02 Å². The Kier molecular flexibility index (Phi) is 4.24. The molecule has 23 heavy (non-hydrogen) atoms. The van der Waals surface area contributed by atoms with Gasteiger partial charge in [0.05, 0.1) is 0 Å². The fraction of sp³-hybridized carbons (Fsp3) is 0.357. The van der Waals surface area contributed by atoms with Gasteiger partial charge in [-0.25, -0.2) is 4.68 Å². The van der Waals surface area contributed by atoms with Gasteiger partial charge in [0.1, 0.15) is 18.9 Å². The summed E-state index contributed by atoms with van der Waals surface area (Å²) in [5, 5.41) is 13.8. The number of halogens is 1. The zero-order valence-corrected chi connectivity index (χ0v) is 13.2. The van der Waals surface area contributed by atoms with Crippen LogP contribution in [0.5, 0.6) is 0 Å². The van der Waals surface area contributed by atoms with Crippen LogP contribution < -0.4 is 5.32 Å². The normalized spacial score (nSPS) is 14.4. The lowest BCUT2D eigenvalue weighted by atomic mass is 10.1. The Hall–Kier alpha value is -2.48. The molecule has 2 amide bonds. The molecule has 1 aromatic heterocycles. The summed E-state index contributed by atoms with van der Waals surface area (Å²) in [6, 6.07) is 4.98. The molecule has 0 radical (unpaired) electrons. The molecule has 1 atom stereocenters. The van der Waals surface area contributed by atoms with Crippen LogP contribution in [0.3, 0.4) is 0 Å². The lowest BCUT2D eigenvalue weighted by Crippen LogP contribution is -2.46. The van der Waals surface area contributed by atoms with Crippen LogP contribution in [0.25, 0.3) is 0 Å². The molecule has 2 aromatic rings. The molecule has 9 heteroatoms. The standard InChI is InChI=1S/C14H15ClN6O2/c1-9(17-13(22)7-21-8-16-18-19-21)14(23)20-5-10-2-3-12(15)4-11(10)6-20/h2-4,8-9H,5-7H2,1H3,(H,17,22)/t9-/m0/s1. The molecule has 0 spiro atoms. The predicted molar refractivity (Wildman–Crippen MR) is 81.1 cm³/mol. The van der Waals surface area contributed by atoms with Crippen molar-refractivity contribution < 1.29 is 9.59 Å². The van der Waals surface area contributed by atoms with Crippen molar-refractivity contribution in [2.75, 3.05) is 0 Å². The van der Waals surface area contributed by atoms with Crippen LogP contribution in [0, 0.1) is 0 Å². The van der Waals surface area contributed by atoms with Gasteiger partial charge in [-0.3, -0.25) is 9.59 Å². The highest BCUT2D eigenvalue weighted by Gasteiger charge is 2.27. The van der Waals surface area contributed by atoms with Crippen molar-refractivity contribution in [2.24, 2.45) is 0 Å². The first kappa shape index (κ1) is 15.4. The van der Waals surface area contributed by atoms with Crippen LogP contribution in [-0.4, -0.2) is 43.0 Å². The van der Waals surface area contributed by atoms with E-state index in [0.717, 1.165) is 11.1 Å². The molecule has 1 aliphatic rings. The number of hydrogen-bond donors (Lipinski definition) is 1. The molecule has 2 heterocycles. The summed E-state index contributed by atoms with van der Waals surface area (Å²) in [5.41, 5.74) is 2.12. The molecule has 0 unspecified atom stereocenters. The summed E-state index contributed by atoms with van der Waals surface area (Å²) in [5.74, 6) is -0.458. The lowest BCUT2D eigenvalue weighted by Gasteiger charge is -2.21. The summed E-state index contributed by atoms with van der Waals surface area (Å²) >= 11 is 5.97. The van der Waals surface area contributed by atoms with Gasteiger partial charge in [0.2, 0.25) is 11.8 Å². The molecule has 1 aromatic carbocycles. The third kappa shape index (κ3) is 3.48. The maximum Gasteiger partial charge on any atom is 0.245 e. The van der Waals surface area contributed by atoms with Crippen molar-refractivity contribution in [3.05, 3.63) is 40.7 Å². The highest BCUT2D eigenvalue weighted by molar-refractivity contribution is 6.30. The van der Waals surface area contributed by atoms with E-state index in [2.05, 4.69) is 20.8 Å². The van der Waals surface area contributed by atoms with E-state index in [4.69, 9.17) is 11.6 Å². The first-order chi connectivity index (χ1) is 11.0. The number of carbonyl (C=O) groups excluding carboxylic acids is 2. The van der Waals surface area contributed by atoms with Crippen molar-refractivity contribution in [1.82, 2.24) is 30.4 Å². The van der Waals surface area contributed by atoms with E-state index in [1.807, 2.05) is 18.2 Å². The summed E-state index contributed by atoms with van der Waals surface area (Å²) in [6.07, 6.45) is 1.34. The second-order valence-electron chi connectivity index (χ2n) is 5.40. The number of hydrogen-bond acceptors (Lipinski definition) is 5. The zero-order valence-electron chi connectivity index (χ0n) is 12.4. The van der Waals surface area contributed by atoms with E-state index in [1.54, 1.807) is 11.8 Å². The minimum absolute atomic E-state index is 0.0273. The summed E-state index contributed by atoms with van der Waals surface area (Å²) in [4.78, 5) is 26.1. The highest BCUT2D eigenvalue weighted by Crippen LogP contribution is 2.26. The second kappa shape index (κ2) is 6.33. The van der Waals surface area contributed by atoms with Gasteiger partial charge < -0.3 is 10.2 Å². The topological polar surface area (TPSA) is 93.0 Å². The third-order valence-corrected chi connectivity index (χ3v) is 3.88. The van der Waals surface area contributed by atoms with Gasteiger partial charge in [-0.15, -0.1) is 5.10 Å². The number of amides is 2. The molecule has 0 saturated heterocycles. The van der Waals surface area contributed by atoms with Crippen LogP contribution in [0.4, 0.5) is 0 Å². The SMILES string of the molecule is C[C@H](NC(=O)Cn1cnnn1)C(=O)N1Cc2ccc(Cl)cc2C1. The number of fused-ring (bicyclic) bond motifs is 1. The minimum Gasteiger partial charge on any atom is -0.343 e. The van der Waals surface area contributed by atoms with E-state index in [1.165, 1.54) is 11.0 Å². The molecular weight excluding hydrogens is 320 g/mol. The Balaban J connectivity index is 1.57. The van der Waals surface area contributed by atoms with Crippen LogP contribution in [0.1, 0.15) is 18.1 Å². The maximum absolute atomic E-state index is 12.5. The fourth-order valence-electron chi connectivity index (χ4n) is 2.54. The molecule has 120 valence electrons. The van der Waals surface area contributed by atoms with Crippen molar-refractivity contribution in [1.29, 1.82) is 0 Å². The lowest BCUT2D eigenvalue weighted by molar-refractivity contribution is -0.136. The van der Waals surface area contributed by atoms with Gasteiger partial charge in [0.15, 0.2) is 0 Å². The summed E-state index contributed by atoms with van der Waals surface area (Å²) in [7, 11) is 0. The average molecular weight is 335 g/mol. The predicted octanol–water partition coefficient (Wildman–Crippen LogP) is 0.374. The third-order valence-electron chi connectivity index (χ3n) is 3.65. The molecule has 0 aliphatic carbocycles. The average Bonchev–Trinajstić information content (AvgIpc) is 3.14. The van der Waals surface area contributed by atoms with Gasteiger partial charge in [-0.2, -0.15) is 0 Å². The number of aromatic nitrogens is 4. The Morgan fingerprint density at radius 3 is 2.87 bits per heavy atom. The minimum atomic E-state index is -0.622. The molecular formula is C14H15ClN6O2. The van der Waals surface area contributed by atoms with E-state index in [-0.39, 0.29) is 18.4 Å². The first-order valence-corrected chi connectivity index (χ1v) is 7.47. The number of carbonyl (C=O) groups is 2. The number of rotatable bonds is 4. The van der Waals surface area contributed by atoms with E-state index >= 15 is 0 Å². The highest BCUT2D eigenvalue weighted by atomic mass is 35.5. The Morgan fingerprint density at radius 1 is 1.35 bits per heavy atom. The summed E-state index contributed by atoms with van der Waals surface area (Å²) < 4.78 is 1.29. The van der Waals surface area contributed by atoms with Crippen LogP contribution >= 0.6 is 11.6 Å². The second-order valence-corrected chi connectivity index (χ2v) is 5.84. The Bertz CT molecular complexity index is 733. The number of nitrogens with zero attached hydrogens (tertiary/aromatic N) is 5. The molecule has 1 aliphatic heterocycles. The largest absolute Gasteiger partial charge is 0.343 e. The Morgan fingerprint density at radius 2 is 2.13 bits per heavy atom. The van der Waals surface area contributed by atoms with Gasteiger partial charge >= 0.3 is 0 Å². The molecule has 3 rings (SSSR count). The molecule has 1 N–H and O–H groups in total. The van der Waals surface area contributed by atoms with Crippen molar-refractivity contribution in [2.45, 2.75) is 32.6 Å². The van der Waals surface area contributed by atoms with Crippen LogP contribution in [0.15, 0.2) is 24.5 Å². The molecule has 0 saturated carbocycles. The van der Waals surface area contributed by atoms with Gasteiger partial charge in [-0.1, -0.05) is 17.7 Å². The van der Waals surface area contributed by atoms with E-state index < -0.39 is 6.04 Å². The van der Waals surface area contributed by atoms with Crippen molar-refractivity contribution in [3.63, 3.8) is 0 Å². The van der Waals surface area contributed by atoms with Crippen molar-refractivity contribution >= 4 is 23.4 Å². The summed E-state index contributed by atoms with van der Waals surface area (Å²) in [6.45, 7) is 2.66. The van der Waals surface area contributed by atoms with Crippen molar-refractivity contribution in [3.8, 4) is 0 Å². The molecule has 0 fully saturated rings. The smallest absolute Gasteiger partial charge is 0.245 e. The first-order valence-electron chi connectivity index (χ1n) is 7.09. The van der Waals surface area contributed by atoms with Gasteiger partial charge in [-0.05, 0) is 40.6 Å². The van der Waals surface area contributed by atoms with Gasteiger partial charge in [0, 0.05) is 18.1 Å². The fourth-order valence-corrected chi connectivity index (χ4v) is 2.74. The van der Waals surface area contributed by atoms with E-state index in [9.17, 15) is 9.59 Å². The Labute approximate surface area is 137 Å². The number of tetrazole rings is 1. The molecule has 8 nitrogen and oxygen atoms in total. The van der Waals surface area contributed by atoms with E-state index in [0.29, 0.717) is 18.1 Å². The molecule has 0 bridgehead atoms. The monoisotopic (exact) mass is 334 g/mol. The van der Waals surface area contributed by atoms with Crippen LogP contribution in [-0.2, 0) is 29.2 Å². The number of benzene rings is 1.